The minimum absolute atomic E-state index is 0.159. The molecule has 29 heavy (non-hydrogen) atoms. The summed E-state index contributed by atoms with van der Waals surface area (Å²) in [6.07, 6.45) is 5.91. The van der Waals surface area contributed by atoms with E-state index in [1.54, 1.807) is 18.3 Å². The summed E-state index contributed by atoms with van der Waals surface area (Å²) >= 11 is 1.64. The summed E-state index contributed by atoms with van der Waals surface area (Å²) in [5, 5.41) is 9.27. The second-order valence-corrected chi connectivity index (χ2v) is 9.51. The highest BCUT2D eigenvalue weighted by Gasteiger charge is 2.43. The highest BCUT2D eigenvalue weighted by molar-refractivity contribution is 7.13. The highest BCUT2D eigenvalue weighted by Crippen LogP contribution is 2.47. The summed E-state index contributed by atoms with van der Waals surface area (Å²) in [4.78, 5) is 19.2. The second-order valence-electron chi connectivity index (χ2n) is 8.69. The van der Waals surface area contributed by atoms with Gasteiger partial charge in [-0.1, -0.05) is 29.5 Å². The smallest absolute Gasteiger partial charge is 0.223 e. The van der Waals surface area contributed by atoms with Crippen LogP contribution in [0.25, 0.3) is 0 Å². The molecule has 1 aromatic heterocycles. The van der Waals surface area contributed by atoms with Gasteiger partial charge in [0.1, 0.15) is 5.51 Å². The third-order valence-electron chi connectivity index (χ3n) is 7.32. The lowest BCUT2D eigenvalue weighted by Crippen LogP contribution is -2.53. The molecule has 154 valence electrons. The molecule has 1 aromatic carbocycles. The molecule has 3 aliphatic rings. The molecule has 0 unspecified atom stereocenters. The van der Waals surface area contributed by atoms with Crippen molar-refractivity contribution in [2.75, 3.05) is 42.5 Å². The minimum atomic E-state index is 0.159. The number of hydrogen-bond acceptors (Lipinski definition) is 6. The number of carbonyl (C=O) groups is 1. The number of hydrogen-bond donors (Lipinski definition) is 0. The van der Waals surface area contributed by atoms with E-state index in [0.29, 0.717) is 6.04 Å². The van der Waals surface area contributed by atoms with Gasteiger partial charge >= 0.3 is 0 Å². The van der Waals surface area contributed by atoms with Crippen LogP contribution in [0.5, 0.6) is 0 Å². The lowest BCUT2D eigenvalue weighted by molar-refractivity contribution is -0.116. The number of benzene rings is 1. The topological polar surface area (TPSA) is 52.6 Å². The number of likely N-dealkylation sites (tertiary alicyclic amines) is 1. The highest BCUT2D eigenvalue weighted by atomic mass is 32.1. The van der Waals surface area contributed by atoms with Crippen LogP contribution in [0.1, 0.15) is 44.6 Å². The fourth-order valence-corrected chi connectivity index (χ4v) is 6.24. The summed E-state index contributed by atoms with van der Waals surface area (Å²) in [5.74, 6) is 0.159. The number of fused-ring (bicyclic) bond motifs is 2. The van der Waals surface area contributed by atoms with Crippen molar-refractivity contribution in [2.45, 2.75) is 50.5 Å². The first-order chi connectivity index (χ1) is 14.2. The molecule has 2 saturated heterocycles. The van der Waals surface area contributed by atoms with E-state index >= 15 is 0 Å². The van der Waals surface area contributed by atoms with Crippen LogP contribution >= 0.6 is 11.3 Å². The lowest BCUT2D eigenvalue weighted by atomic mass is 9.67. The molecule has 1 spiro atoms. The van der Waals surface area contributed by atoms with Crippen LogP contribution in [0.4, 0.5) is 10.8 Å². The molecule has 6 nitrogen and oxygen atoms in total. The van der Waals surface area contributed by atoms with E-state index < -0.39 is 0 Å². The van der Waals surface area contributed by atoms with E-state index in [4.69, 9.17) is 0 Å². The van der Waals surface area contributed by atoms with Gasteiger partial charge in [0, 0.05) is 43.7 Å². The van der Waals surface area contributed by atoms with Crippen molar-refractivity contribution in [3.05, 3.63) is 35.3 Å². The van der Waals surface area contributed by atoms with Crippen LogP contribution in [-0.4, -0.2) is 59.8 Å². The summed E-state index contributed by atoms with van der Waals surface area (Å²) in [5.41, 5.74) is 4.60. The van der Waals surface area contributed by atoms with Gasteiger partial charge in [-0.25, -0.2) is 0 Å². The van der Waals surface area contributed by atoms with Crippen LogP contribution in [0.3, 0.4) is 0 Å². The number of piperidine rings is 2. The predicted molar refractivity (Wildman–Crippen MR) is 117 cm³/mol. The number of amides is 1. The van der Waals surface area contributed by atoms with E-state index in [9.17, 15) is 4.79 Å². The third-order valence-corrected chi connectivity index (χ3v) is 8.07. The zero-order chi connectivity index (χ0) is 19.8. The maximum absolute atomic E-state index is 12.1. The molecular weight excluding hydrogens is 382 g/mol. The Labute approximate surface area is 176 Å². The predicted octanol–water partition coefficient (Wildman–Crippen LogP) is 3.30. The van der Waals surface area contributed by atoms with E-state index in [-0.39, 0.29) is 11.3 Å². The standard InChI is InChI=1S/C22H29N5OS/c1-17(28)27-15-10-22(19-4-2-3-5-20(19)27)8-13-25(14-9-22)18-6-11-26(12-7-18)21-24-23-16-29-21/h2-5,16,18H,6-15H2,1H3. The van der Waals surface area contributed by atoms with Crippen LogP contribution in [0, 0.1) is 0 Å². The van der Waals surface area contributed by atoms with Crippen LogP contribution in [-0.2, 0) is 10.2 Å². The molecule has 3 aliphatic heterocycles. The Balaban J connectivity index is 1.25. The Morgan fingerprint density at radius 3 is 2.48 bits per heavy atom. The summed E-state index contributed by atoms with van der Waals surface area (Å²) in [6, 6.07) is 9.28. The van der Waals surface area contributed by atoms with Gasteiger partial charge in [0.15, 0.2) is 0 Å². The number of anilines is 2. The summed E-state index contributed by atoms with van der Waals surface area (Å²) in [6.45, 7) is 7.03. The number of rotatable bonds is 2. The van der Waals surface area contributed by atoms with E-state index in [0.717, 1.165) is 50.0 Å². The molecule has 0 aliphatic carbocycles. The Morgan fingerprint density at radius 1 is 1.07 bits per heavy atom. The average molecular weight is 412 g/mol. The van der Waals surface area contributed by atoms with Gasteiger partial charge in [0.2, 0.25) is 11.0 Å². The first-order valence-electron chi connectivity index (χ1n) is 10.8. The third kappa shape index (κ3) is 3.44. The first-order valence-corrected chi connectivity index (χ1v) is 11.7. The van der Waals surface area contributed by atoms with Crippen LogP contribution in [0.15, 0.2) is 29.8 Å². The normalized spacial score (nSPS) is 22.7. The Bertz CT molecular complexity index is 854. The average Bonchev–Trinajstić information content (AvgIpc) is 3.30. The summed E-state index contributed by atoms with van der Waals surface area (Å²) in [7, 11) is 0. The number of carbonyl (C=O) groups excluding carboxylic acids is 1. The van der Waals surface area contributed by atoms with Crippen LogP contribution < -0.4 is 9.80 Å². The fourth-order valence-electron chi connectivity index (χ4n) is 5.63. The molecule has 0 radical (unpaired) electrons. The molecule has 0 saturated carbocycles. The largest absolute Gasteiger partial charge is 0.347 e. The molecule has 4 heterocycles. The van der Waals surface area contributed by atoms with Gasteiger partial charge in [-0.2, -0.15) is 0 Å². The van der Waals surface area contributed by atoms with Gasteiger partial charge in [0.25, 0.3) is 0 Å². The van der Waals surface area contributed by atoms with Gasteiger partial charge in [0.05, 0.1) is 0 Å². The van der Waals surface area contributed by atoms with Crippen molar-refractivity contribution in [3.63, 3.8) is 0 Å². The first kappa shape index (κ1) is 19.0. The molecule has 1 amide bonds. The zero-order valence-electron chi connectivity index (χ0n) is 17.1. The van der Waals surface area contributed by atoms with Gasteiger partial charge in [-0.05, 0) is 56.8 Å². The molecular formula is C22H29N5OS. The van der Waals surface area contributed by atoms with Crippen molar-refractivity contribution in [1.82, 2.24) is 15.1 Å². The van der Waals surface area contributed by atoms with E-state index in [2.05, 4.69) is 44.3 Å². The van der Waals surface area contributed by atoms with Gasteiger partial charge in [-0.15, -0.1) is 10.2 Å². The maximum Gasteiger partial charge on any atom is 0.223 e. The zero-order valence-corrected chi connectivity index (χ0v) is 17.9. The number of aromatic nitrogens is 2. The van der Waals surface area contributed by atoms with Gasteiger partial charge < -0.3 is 14.7 Å². The van der Waals surface area contributed by atoms with Crippen molar-refractivity contribution in [2.24, 2.45) is 0 Å². The van der Waals surface area contributed by atoms with E-state index in [1.807, 2.05) is 10.4 Å². The van der Waals surface area contributed by atoms with E-state index in [1.165, 1.54) is 31.2 Å². The number of para-hydroxylation sites is 1. The molecule has 2 aromatic rings. The van der Waals surface area contributed by atoms with Crippen molar-refractivity contribution < 1.29 is 4.79 Å². The minimum Gasteiger partial charge on any atom is -0.347 e. The van der Waals surface area contributed by atoms with Crippen LogP contribution in [0.2, 0.25) is 0 Å². The lowest BCUT2D eigenvalue weighted by Gasteiger charge is -2.50. The molecule has 0 bridgehead atoms. The fraction of sp³-hybridized carbons (Fsp3) is 0.591. The molecule has 2 fully saturated rings. The molecule has 0 atom stereocenters. The molecule has 0 N–H and O–H groups in total. The van der Waals surface area contributed by atoms with Crippen molar-refractivity contribution in [3.8, 4) is 0 Å². The SMILES string of the molecule is CC(=O)N1CCC2(CCN(C3CCN(c4nncs4)CC3)CC2)c2ccccc21. The van der Waals surface area contributed by atoms with Gasteiger partial charge in [-0.3, -0.25) is 4.79 Å². The molecule has 5 rings (SSSR count). The second kappa shape index (κ2) is 7.69. The summed E-state index contributed by atoms with van der Waals surface area (Å²) < 4.78 is 0. The Kier molecular flexibility index (Phi) is 5.04. The van der Waals surface area contributed by atoms with Crippen molar-refractivity contribution >= 4 is 28.1 Å². The Hall–Kier alpha value is -1.99. The quantitative estimate of drug-likeness (QED) is 0.759. The number of nitrogens with zero attached hydrogens (tertiary/aromatic N) is 5. The monoisotopic (exact) mass is 411 g/mol. The molecule has 7 heteroatoms. The Morgan fingerprint density at radius 2 is 1.79 bits per heavy atom. The van der Waals surface area contributed by atoms with Crippen molar-refractivity contribution in [1.29, 1.82) is 0 Å². The maximum atomic E-state index is 12.1.